The van der Waals surface area contributed by atoms with Gasteiger partial charge in [0.2, 0.25) is 0 Å². The highest BCUT2D eigenvalue weighted by Crippen LogP contribution is 2.35. The van der Waals surface area contributed by atoms with E-state index < -0.39 is 0 Å². The molecule has 0 aliphatic heterocycles. The first-order valence-electron chi connectivity index (χ1n) is 7.07. The molecule has 0 N–H and O–H groups in total. The molecule has 0 saturated carbocycles. The van der Waals surface area contributed by atoms with Gasteiger partial charge in [-0.2, -0.15) is 0 Å². The van der Waals surface area contributed by atoms with Crippen molar-refractivity contribution in [3.63, 3.8) is 0 Å². The fourth-order valence-electron chi connectivity index (χ4n) is 2.42. The van der Waals surface area contributed by atoms with Crippen LogP contribution in [-0.4, -0.2) is 19.7 Å². The van der Waals surface area contributed by atoms with Crippen molar-refractivity contribution in [1.82, 2.24) is 0 Å². The molecule has 0 radical (unpaired) electrons. The zero-order chi connectivity index (χ0) is 15.5. The van der Waals surface area contributed by atoms with Gasteiger partial charge in [0.05, 0.1) is 13.7 Å². The predicted molar refractivity (Wildman–Crippen MR) is 85.9 cm³/mol. The molecule has 2 aromatic carbocycles. The van der Waals surface area contributed by atoms with E-state index in [1.165, 1.54) is 6.08 Å². The van der Waals surface area contributed by atoms with Crippen LogP contribution in [0.15, 0.2) is 46.9 Å². The second-order valence-electron chi connectivity index (χ2n) is 4.78. The monoisotopic (exact) mass is 296 g/mol. The van der Waals surface area contributed by atoms with Crippen LogP contribution >= 0.6 is 0 Å². The lowest BCUT2D eigenvalue weighted by Gasteiger charge is -2.03. The minimum absolute atomic E-state index is 0.359. The van der Waals surface area contributed by atoms with Crippen molar-refractivity contribution in [3.05, 3.63) is 48.0 Å². The first-order chi connectivity index (χ1) is 10.7. The van der Waals surface area contributed by atoms with E-state index in [0.717, 1.165) is 21.9 Å². The number of carbonyl (C=O) groups is 1. The average Bonchev–Trinajstić information content (AvgIpc) is 2.91. The molecule has 3 aromatic rings. The van der Waals surface area contributed by atoms with Crippen molar-refractivity contribution in [1.29, 1.82) is 0 Å². The molecule has 1 aromatic heterocycles. The zero-order valence-corrected chi connectivity index (χ0v) is 12.5. The molecule has 0 amide bonds. The summed E-state index contributed by atoms with van der Waals surface area (Å²) in [6.07, 6.45) is 3.12. The average molecular weight is 296 g/mol. The number of hydrogen-bond donors (Lipinski definition) is 0. The molecule has 1 heterocycles. The Kier molecular flexibility index (Phi) is 3.83. The Balaban J connectivity index is 2.12. The second kappa shape index (κ2) is 5.93. The van der Waals surface area contributed by atoms with Gasteiger partial charge in [-0.25, -0.2) is 4.79 Å². The SMILES string of the molecule is CCOC(=O)/C=C/c1cc(OC)c2oc3ccccc3c2c1. The topological polar surface area (TPSA) is 48.7 Å². The third-order valence-corrected chi connectivity index (χ3v) is 3.38. The van der Waals surface area contributed by atoms with E-state index in [2.05, 4.69) is 0 Å². The molecule has 22 heavy (non-hydrogen) atoms. The van der Waals surface area contributed by atoms with Crippen molar-refractivity contribution < 1.29 is 18.7 Å². The normalized spacial score (nSPS) is 11.4. The number of benzene rings is 2. The lowest BCUT2D eigenvalue weighted by Crippen LogP contribution is -1.98. The van der Waals surface area contributed by atoms with Crippen LogP contribution in [0.3, 0.4) is 0 Å². The van der Waals surface area contributed by atoms with Crippen molar-refractivity contribution in [3.8, 4) is 5.75 Å². The van der Waals surface area contributed by atoms with Crippen LogP contribution in [0.25, 0.3) is 28.0 Å². The Bertz CT molecular complexity index is 858. The minimum atomic E-state index is -0.362. The van der Waals surface area contributed by atoms with E-state index in [4.69, 9.17) is 13.9 Å². The summed E-state index contributed by atoms with van der Waals surface area (Å²) < 4.78 is 16.1. The fraction of sp³-hybridized carbons (Fsp3) is 0.167. The van der Waals surface area contributed by atoms with Crippen LogP contribution in [-0.2, 0) is 9.53 Å². The lowest BCUT2D eigenvalue weighted by molar-refractivity contribution is -0.137. The summed E-state index contributed by atoms with van der Waals surface area (Å²) in [7, 11) is 1.60. The number of para-hydroxylation sites is 1. The third kappa shape index (κ3) is 2.55. The van der Waals surface area contributed by atoms with Gasteiger partial charge < -0.3 is 13.9 Å². The molecule has 0 atom stereocenters. The van der Waals surface area contributed by atoms with E-state index in [-0.39, 0.29) is 5.97 Å². The highest BCUT2D eigenvalue weighted by atomic mass is 16.5. The first-order valence-corrected chi connectivity index (χ1v) is 7.07. The summed E-state index contributed by atoms with van der Waals surface area (Å²) in [6, 6.07) is 11.6. The van der Waals surface area contributed by atoms with Gasteiger partial charge in [0.15, 0.2) is 11.3 Å². The van der Waals surface area contributed by atoms with Gasteiger partial charge >= 0.3 is 5.97 Å². The molecule has 0 spiro atoms. The van der Waals surface area contributed by atoms with E-state index >= 15 is 0 Å². The number of methoxy groups -OCH3 is 1. The summed E-state index contributed by atoms with van der Waals surface area (Å²) >= 11 is 0. The zero-order valence-electron chi connectivity index (χ0n) is 12.5. The number of rotatable bonds is 4. The number of esters is 1. The van der Waals surface area contributed by atoms with Crippen LogP contribution in [0.1, 0.15) is 12.5 Å². The van der Waals surface area contributed by atoms with Crippen molar-refractivity contribution in [2.45, 2.75) is 6.92 Å². The summed E-state index contributed by atoms with van der Waals surface area (Å²) in [4.78, 5) is 11.4. The molecule has 0 fully saturated rings. The summed E-state index contributed by atoms with van der Waals surface area (Å²) in [5, 5.41) is 1.97. The lowest BCUT2D eigenvalue weighted by atomic mass is 10.1. The van der Waals surface area contributed by atoms with Crippen molar-refractivity contribution in [2.24, 2.45) is 0 Å². The minimum Gasteiger partial charge on any atom is -0.493 e. The number of ether oxygens (including phenoxy) is 2. The first kappa shape index (κ1) is 14.2. The van der Waals surface area contributed by atoms with Gasteiger partial charge in [0.25, 0.3) is 0 Å². The third-order valence-electron chi connectivity index (χ3n) is 3.38. The smallest absolute Gasteiger partial charge is 0.330 e. The molecule has 4 heteroatoms. The molecule has 0 aliphatic carbocycles. The Labute approximate surface area is 127 Å². The molecule has 0 aliphatic rings. The molecule has 3 rings (SSSR count). The van der Waals surface area contributed by atoms with Crippen molar-refractivity contribution >= 4 is 34.0 Å². The molecule has 112 valence electrons. The van der Waals surface area contributed by atoms with Crippen LogP contribution < -0.4 is 4.74 Å². The van der Waals surface area contributed by atoms with Gasteiger partial charge in [-0.1, -0.05) is 18.2 Å². The maximum Gasteiger partial charge on any atom is 0.330 e. The van der Waals surface area contributed by atoms with E-state index in [1.54, 1.807) is 20.1 Å². The number of hydrogen-bond acceptors (Lipinski definition) is 4. The molecular formula is C18H16O4. The van der Waals surface area contributed by atoms with E-state index in [9.17, 15) is 4.79 Å². The molecular weight excluding hydrogens is 280 g/mol. The Morgan fingerprint density at radius 3 is 2.82 bits per heavy atom. The van der Waals surface area contributed by atoms with Crippen LogP contribution in [0.5, 0.6) is 5.75 Å². The van der Waals surface area contributed by atoms with E-state index in [0.29, 0.717) is 17.9 Å². The summed E-state index contributed by atoms with van der Waals surface area (Å²) in [6.45, 7) is 2.14. The Hall–Kier alpha value is -2.75. The highest BCUT2D eigenvalue weighted by molar-refractivity contribution is 6.07. The van der Waals surface area contributed by atoms with Gasteiger partial charge in [-0.15, -0.1) is 0 Å². The standard InChI is InChI=1S/C18H16O4/c1-3-21-17(19)9-8-12-10-14-13-6-4-5-7-15(13)22-18(14)16(11-12)20-2/h4-11H,3H2,1-2H3/b9-8+. The van der Waals surface area contributed by atoms with Crippen LogP contribution in [0, 0.1) is 0 Å². The largest absolute Gasteiger partial charge is 0.493 e. The quantitative estimate of drug-likeness (QED) is 0.535. The fourth-order valence-corrected chi connectivity index (χ4v) is 2.42. The van der Waals surface area contributed by atoms with Crippen molar-refractivity contribution in [2.75, 3.05) is 13.7 Å². The number of fused-ring (bicyclic) bond motifs is 3. The second-order valence-corrected chi connectivity index (χ2v) is 4.78. The van der Waals surface area contributed by atoms with Gasteiger partial charge in [-0.3, -0.25) is 0 Å². The number of furan rings is 1. The number of carbonyl (C=O) groups excluding carboxylic acids is 1. The molecule has 0 bridgehead atoms. The Morgan fingerprint density at radius 2 is 2.05 bits per heavy atom. The van der Waals surface area contributed by atoms with Gasteiger partial charge in [-0.05, 0) is 36.8 Å². The van der Waals surface area contributed by atoms with E-state index in [1.807, 2.05) is 36.4 Å². The summed E-state index contributed by atoms with van der Waals surface area (Å²) in [5.74, 6) is 0.274. The van der Waals surface area contributed by atoms with Crippen LogP contribution in [0.2, 0.25) is 0 Å². The maximum absolute atomic E-state index is 11.4. The Morgan fingerprint density at radius 1 is 1.23 bits per heavy atom. The molecule has 0 saturated heterocycles. The maximum atomic E-state index is 11.4. The molecule has 4 nitrogen and oxygen atoms in total. The van der Waals surface area contributed by atoms with Crippen LogP contribution in [0.4, 0.5) is 0 Å². The highest BCUT2D eigenvalue weighted by Gasteiger charge is 2.12. The van der Waals surface area contributed by atoms with Gasteiger partial charge in [0, 0.05) is 16.8 Å². The summed E-state index contributed by atoms with van der Waals surface area (Å²) in [5.41, 5.74) is 2.36. The predicted octanol–water partition coefficient (Wildman–Crippen LogP) is 4.17. The molecule has 0 unspecified atom stereocenters. The van der Waals surface area contributed by atoms with Gasteiger partial charge in [0.1, 0.15) is 5.58 Å².